The molecule has 7 nitrogen and oxygen atoms in total. The van der Waals surface area contributed by atoms with Crippen LogP contribution in [0.4, 0.5) is 5.69 Å². The van der Waals surface area contributed by atoms with Crippen LogP contribution in [0.5, 0.6) is 11.5 Å². The number of halogens is 1. The van der Waals surface area contributed by atoms with Gasteiger partial charge in [0.1, 0.15) is 11.5 Å². The first-order valence-corrected chi connectivity index (χ1v) is 9.94. The van der Waals surface area contributed by atoms with Gasteiger partial charge in [-0.3, -0.25) is 19.7 Å². The second-order valence-corrected chi connectivity index (χ2v) is 7.30. The molecule has 0 saturated heterocycles. The van der Waals surface area contributed by atoms with Crippen LogP contribution in [0.15, 0.2) is 83.0 Å². The second-order valence-electron chi connectivity index (χ2n) is 6.44. The van der Waals surface area contributed by atoms with Crippen molar-refractivity contribution in [3.63, 3.8) is 0 Å². The molecule has 0 aliphatic heterocycles. The van der Waals surface area contributed by atoms with Gasteiger partial charge in [0, 0.05) is 18.6 Å². The van der Waals surface area contributed by atoms with Gasteiger partial charge in [-0.15, -0.1) is 0 Å². The minimum absolute atomic E-state index is 0.0741. The molecular weight excluding hydrogens is 464 g/mol. The number of hydrogen-bond acceptors (Lipinski definition) is 5. The van der Waals surface area contributed by atoms with E-state index in [0.717, 1.165) is 0 Å². The van der Waals surface area contributed by atoms with Gasteiger partial charge in [-0.05, 0) is 58.4 Å². The number of benzene rings is 3. The third-order valence-corrected chi connectivity index (χ3v) is 4.88. The van der Waals surface area contributed by atoms with E-state index in [2.05, 4.69) is 21.2 Å². The van der Waals surface area contributed by atoms with Crippen LogP contribution >= 0.6 is 15.9 Å². The second kappa shape index (κ2) is 9.82. The number of nitro benzene ring substituents is 1. The summed E-state index contributed by atoms with van der Waals surface area (Å²) >= 11 is 3.38. The monoisotopic (exact) mass is 480 g/mol. The number of hydrogen-bond donors (Lipinski definition) is 1. The minimum atomic E-state index is -0.565. The minimum Gasteiger partial charge on any atom is -0.456 e. The third kappa shape index (κ3) is 5.64. The summed E-state index contributed by atoms with van der Waals surface area (Å²) in [5, 5.41) is 14.0. The van der Waals surface area contributed by atoms with Crippen molar-refractivity contribution in [2.75, 3.05) is 0 Å². The maximum Gasteiger partial charge on any atom is 0.276 e. The summed E-state index contributed by atoms with van der Waals surface area (Å²) in [5.41, 5.74) is 0.172. The molecular formula is C23H17BrN2O5. The number of rotatable bonds is 7. The first-order valence-electron chi connectivity index (χ1n) is 9.15. The molecule has 0 unspecified atom stereocenters. The molecule has 0 fully saturated rings. The Morgan fingerprint density at radius 1 is 1.03 bits per heavy atom. The van der Waals surface area contributed by atoms with Gasteiger partial charge in [-0.25, -0.2) is 0 Å². The Labute approximate surface area is 186 Å². The summed E-state index contributed by atoms with van der Waals surface area (Å²) < 4.78 is 6.52. The SMILES string of the molecule is CC(=O)/C(=C/c1cc(Oc2ccccc2Br)ccc1[N+](=O)[O-])NC(=O)c1ccccc1. The van der Waals surface area contributed by atoms with E-state index in [1.807, 2.05) is 6.07 Å². The van der Waals surface area contributed by atoms with Crippen molar-refractivity contribution < 1.29 is 19.2 Å². The van der Waals surface area contributed by atoms with Gasteiger partial charge in [0.05, 0.1) is 20.7 Å². The van der Waals surface area contributed by atoms with E-state index in [0.29, 0.717) is 21.5 Å². The van der Waals surface area contributed by atoms with Crippen LogP contribution in [0, 0.1) is 10.1 Å². The zero-order valence-electron chi connectivity index (χ0n) is 16.4. The highest BCUT2D eigenvalue weighted by Gasteiger charge is 2.17. The molecule has 3 rings (SSSR count). The molecule has 0 bridgehead atoms. The lowest BCUT2D eigenvalue weighted by molar-refractivity contribution is -0.385. The number of nitrogens with zero attached hydrogens (tertiary/aromatic N) is 1. The quantitative estimate of drug-likeness (QED) is 0.273. The number of amides is 1. The smallest absolute Gasteiger partial charge is 0.276 e. The highest BCUT2D eigenvalue weighted by molar-refractivity contribution is 9.10. The first-order chi connectivity index (χ1) is 14.8. The Balaban J connectivity index is 1.97. The van der Waals surface area contributed by atoms with Crippen LogP contribution in [0.25, 0.3) is 6.08 Å². The summed E-state index contributed by atoms with van der Waals surface area (Å²) in [6.45, 7) is 1.27. The van der Waals surface area contributed by atoms with Gasteiger partial charge in [0.15, 0.2) is 5.78 Å². The number of para-hydroxylation sites is 1. The lowest BCUT2D eigenvalue weighted by Gasteiger charge is -2.10. The average molecular weight is 481 g/mol. The van der Waals surface area contributed by atoms with E-state index in [9.17, 15) is 19.7 Å². The summed E-state index contributed by atoms with van der Waals surface area (Å²) in [4.78, 5) is 35.5. The Morgan fingerprint density at radius 3 is 2.35 bits per heavy atom. The van der Waals surface area contributed by atoms with E-state index in [-0.39, 0.29) is 16.9 Å². The number of carbonyl (C=O) groups excluding carboxylic acids is 2. The maximum absolute atomic E-state index is 12.4. The van der Waals surface area contributed by atoms with Gasteiger partial charge in [0.25, 0.3) is 11.6 Å². The molecule has 0 aromatic heterocycles. The maximum atomic E-state index is 12.4. The summed E-state index contributed by atoms with van der Waals surface area (Å²) in [6, 6.07) is 19.7. The zero-order valence-corrected chi connectivity index (χ0v) is 18.0. The Kier molecular flexibility index (Phi) is 6.94. The molecule has 0 heterocycles. The van der Waals surface area contributed by atoms with Crippen LogP contribution in [-0.2, 0) is 4.79 Å². The Hall–Kier alpha value is -3.78. The normalized spacial score (nSPS) is 11.0. The fraction of sp³-hybridized carbons (Fsp3) is 0.0435. The molecule has 156 valence electrons. The summed E-state index contributed by atoms with van der Waals surface area (Å²) in [5.74, 6) is -0.0856. The van der Waals surface area contributed by atoms with Crippen LogP contribution in [0.3, 0.4) is 0 Å². The predicted octanol–water partition coefficient (Wildman–Crippen LogP) is 5.51. The van der Waals surface area contributed by atoms with Crippen molar-refractivity contribution >= 4 is 39.4 Å². The summed E-state index contributed by atoms with van der Waals surface area (Å²) in [7, 11) is 0. The summed E-state index contributed by atoms with van der Waals surface area (Å²) in [6.07, 6.45) is 1.27. The van der Waals surface area contributed by atoms with Crippen molar-refractivity contribution in [1.82, 2.24) is 5.32 Å². The van der Waals surface area contributed by atoms with Crippen LogP contribution in [0.1, 0.15) is 22.8 Å². The van der Waals surface area contributed by atoms with Gasteiger partial charge in [-0.2, -0.15) is 0 Å². The van der Waals surface area contributed by atoms with Crippen molar-refractivity contribution in [3.05, 3.63) is 104 Å². The van der Waals surface area contributed by atoms with Crippen LogP contribution in [-0.4, -0.2) is 16.6 Å². The highest BCUT2D eigenvalue weighted by atomic mass is 79.9. The molecule has 0 spiro atoms. The third-order valence-electron chi connectivity index (χ3n) is 4.22. The Bertz CT molecular complexity index is 1180. The standard InChI is InChI=1S/C23H17BrN2O5/c1-15(27)20(25-23(28)16-7-3-2-4-8-16)14-17-13-18(11-12-21(17)26(29)30)31-22-10-6-5-9-19(22)24/h2-14H,1H3,(H,25,28)/b20-14-. The molecule has 0 radical (unpaired) electrons. The molecule has 0 atom stereocenters. The highest BCUT2D eigenvalue weighted by Crippen LogP contribution is 2.32. The van der Waals surface area contributed by atoms with Crippen LogP contribution < -0.4 is 10.1 Å². The number of nitrogens with one attached hydrogen (secondary N) is 1. The lowest BCUT2D eigenvalue weighted by Crippen LogP contribution is -2.26. The molecule has 1 amide bonds. The lowest BCUT2D eigenvalue weighted by atomic mass is 10.1. The molecule has 0 aliphatic carbocycles. The molecule has 0 saturated carbocycles. The molecule has 0 aliphatic rings. The average Bonchev–Trinajstić information content (AvgIpc) is 2.75. The number of nitro groups is 1. The van der Waals surface area contributed by atoms with Crippen molar-refractivity contribution in [3.8, 4) is 11.5 Å². The molecule has 3 aromatic rings. The zero-order chi connectivity index (χ0) is 22.4. The van der Waals surface area contributed by atoms with E-state index < -0.39 is 16.6 Å². The van der Waals surface area contributed by atoms with Gasteiger partial charge in [-0.1, -0.05) is 30.3 Å². The van der Waals surface area contributed by atoms with Crippen molar-refractivity contribution in [1.29, 1.82) is 0 Å². The number of ether oxygens (including phenoxy) is 1. The van der Waals surface area contributed by atoms with Gasteiger partial charge >= 0.3 is 0 Å². The van der Waals surface area contributed by atoms with Gasteiger partial charge < -0.3 is 10.1 Å². The fourth-order valence-corrected chi connectivity index (χ4v) is 3.06. The first kappa shape index (κ1) is 21.9. The van der Waals surface area contributed by atoms with E-state index in [1.165, 1.54) is 31.2 Å². The van der Waals surface area contributed by atoms with Crippen LogP contribution in [0.2, 0.25) is 0 Å². The van der Waals surface area contributed by atoms with Crippen molar-refractivity contribution in [2.24, 2.45) is 0 Å². The predicted molar refractivity (Wildman–Crippen MR) is 120 cm³/mol. The number of Topliss-reactive ketones (excluding diaryl/α,β-unsaturated/α-hetero) is 1. The molecule has 8 heteroatoms. The largest absolute Gasteiger partial charge is 0.456 e. The topological polar surface area (TPSA) is 98.5 Å². The van der Waals surface area contributed by atoms with E-state index >= 15 is 0 Å². The van der Waals surface area contributed by atoms with E-state index in [4.69, 9.17) is 4.74 Å². The van der Waals surface area contributed by atoms with E-state index in [1.54, 1.807) is 48.5 Å². The molecule has 31 heavy (non-hydrogen) atoms. The van der Waals surface area contributed by atoms with Gasteiger partial charge in [0.2, 0.25) is 0 Å². The number of ketones is 1. The fourth-order valence-electron chi connectivity index (χ4n) is 2.70. The molecule has 1 N–H and O–H groups in total. The van der Waals surface area contributed by atoms with Crippen molar-refractivity contribution in [2.45, 2.75) is 6.92 Å². The Morgan fingerprint density at radius 2 is 1.71 bits per heavy atom. The molecule has 3 aromatic carbocycles. The number of allylic oxidation sites excluding steroid dienone is 1. The number of carbonyl (C=O) groups is 2.